The van der Waals surface area contributed by atoms with E-state index in [1.807, 2.05) is 18.2 Å². The minimum Gasteiger partial charge on any atom is -0.330 e. The van der Waals surface area contributed by atoms with Gasteiger partial charge in [0, 0.05) is 5.39 Å². The molecule has 2 rings (SSSR count). The van der Waals surface area contributed by atoms with Crippen LogP contribution in [0.3, 0.4) is 0 Å². The van der Waals surface area contributed by atoms with Crippen molar-refractivity contribution in [3.05, 3.63) is 47.8 Å². The Labute approximate surface area is 94.5 Å². The molecule has 0 aromatic heterocycles. The number of hydrogen-bond donors (Lipinski definition) is 1. The number of benzene rings is 2. The maximum atomic E-state index is 13.4. The summed E-state index contributed by atoms with van der Waals surface area (Å²) in [5.41, 5.74) is 6.61. The van der Waals surface area contributed by atoms with Crippen LogP contribution in [0.1, 0.15) is 5.56 Å². The zero-order valence-corrected chi connectivity index (χ0v) is 9.06. The van der Waals surface area contributed by atoms with E-state index in [9.17, 15) is 4.39 Å². The van der Waals surface area contributed by atoms with E-state index >= 15 is 0 Å². The molecular weight excluding hydrogens is 213 g/mol. The Kier molecular flexibility index (Phi) is 4.06. The van der Waals surface area contributed by atoms with Gasteiger partial charge in [-0.25, -0.2) is 4.39 Å². The Hall–Kier alpha value is -1.12. The molecule has 0 aliphatic carbocycles. The van der Waals surface area contributed by atoms with Crippen molar-refractivity contribution >= 4 is 23.2 Å². The lowest BCUT2D eigenvalue weighted by atomic mass is 10.0. The van der Waals surface area contributed by atoms with Gasteiger partial charge in [-0.15, -0.1) is 12.4 Å². The summed E-state index contributed by atoms with van der Waals surface area (Å²) in [5, 5.41) is 1.65. The number of hydrogen-bond acceptors (Lipinski definition) is 1. The van der Waals surface area contributed by atoms with E-state index in [2.05, 4.69) is 0 Å². The summed E-state index contributed by atoms with van der Waals surface area (Å²) < 4.78 is 13.4. The Morgan fingerprint density at radius 1 is 1.00 bits per heavy atom. The van der Waals surface area contributed by atoms with E-state index in [4.69, 9.17) is 5.73 Å². The van der Waals surface area contributed by atoms with Crippen LogP contribution in [0, 0.1) is 5.82 Å². The van der Waals surface area contributed by atoms with Crippen LogP contribution in [0.15, 0.2) is 36.4 Å². The van der Waals surface area contributed by atoms with Gasteiger partial charge in [0.1, 0.15) is 5.82 Å². The topological polar surface area (TPSA) is 26.0 Å². The molecule has 2 aromatic carbocycles. The third kappa shape index (κ3) is 2.28. The Morgan fingerprint density at radius 2 is 1.67 bits per heavy atom. The molecule has 2 aromatic rings. The first-order valence-corrected chi connectivity index (χ1v) is 4.69. The Bertz CT molecular complexity index is 456. The quantitative estimate of drug-likeness (QED) is 0.836. The van der Waals surface area contributed by atoms with Crippen LogP contribution < -0.4 is 5.73 Å². The molecule has 0 aliphatic rings. The highest BCUT2D eigenvalue weighted by Gasteiger charge is 2.02. The summed E-state index contributed by atoms with van der Waals surface area (Å²) in [7, 11) is 0. The maximum absolute atomic E-state index is 13.4. The normalized spacial score (nSPS) is 10.0. The molecule has 15 heavy (non-hydrogen) atoms. The number of rotatable bonds is 2. The lowest BCUT2D eigenvalue weighted by Gasteiger charge is -2.05. The van der Waals surface area contributed by atoms with Gasteiger partial charge in [-0.05, 0) is 30.0 Å². The van der Waals surface area contributed by atoms with Crippen LogP contribution in [0.2, 0.25) is 0 Å². The first-order chi connectivity index (χ1) is 6.83. The molecular formula is C12H13ClFN. The molecule has 0 spiro atoms. The number of fused-ring (bicyclic) bond motifs is 1. The highest BCUT2D eigenvalue weighted by Crippen LogP contribution is 2.21. The summed E-state index contributed by atoms with van der Waals surface area (Å²) in [6, 6.07) is 10.8. The number of halogens is 2. The van der Waals surface area contributed by atoms with Crippen molar-refractivity contribution in [3.8, 4) is 0 Å². The van der Waals surface area contributed by atoms with Gasteiger partial charge >= 0.3 is 0 Å². The summed E-state index contributed by atoms with van der Waals surface area (Å²) in [5.74, 6) is -0.165. The second kappa shape index (κ2) is 5.10. The predicted molar refractivity (Wildman–Crippen MR) is 63.9 cm³/mol. The molecule has 0 saturated heterocycles. The van der Waals surface area contributed by atoms with E-state index in [0.29, 0.717) is 11.9 Å². The smallest absolute Gasteiger partial charge is 0.131 e. The molecule has 0 aliphatic heterocycles. The molecule has 80 valence electrons. The maximum Gasteiger partial charge on any atom is 0.131 e. The van der Waals surface area contributed by atoms with Crippen LogP contribution >= 0.6 is 12.4 Å². The lowest BCUT2D eigenvalue weighted by molar-refractivity contribution is 0.640. The van der Waals surface area contributed by atoms with Crippen LogP contribution in [0.4, 0.5) is 4.39 Å². The van der Waals surface area contributed by atoms with Crippen molar-refractivity contribution in [2.24, 2.45) is 5.73 Å². The zero-order chi connectivity index (χ0) is 9.97. The van der Waals surface area contributed by atoms with Gasteiger partial charge in [0.2, 0.25) is 0 Å². The first kappa shape index (κ1) is 12.0. The van der Waals surface area contributed by atoms with Gasteiger partial charge in [0.05, 0.1) is 0 Å². The molecule has 0 heterocycles. The Morgan fingerprint density at radius 3 is 2.40 bits per heavy atom. The summed E-state index contributed by atoms with van der Waals surface area (Å²) in [6.07, 6.45) is 0.792. The van der Waals surface area contributed by atoms with Crippen molar-refractivity contribution < 1.29 is 4.39 Å². The van der Waals surface area contributed by atoms with Crippen LogP contribution in [-0.2, 0) is 6.42 Å². The fourth-order valence-corrected chi connectivity index (χ4v) is 1.71. The van der Waals surface area contributed by atoms with E-state index in [-0.39, 0.29) is 18.2 Å². The SMILES string of the molecule is Cl.NCCc1cccc2c(F)cccc12. The average molecular weight is 226 g/mol. The van der Waals surface area contributed by atoms with Crippen LogP contribution in [0.25, 0.3) is 10.8 Å². The fraction of sp³-hybridized carbons (Fsp3) is 0.167. The van der Waals surface area contributed by atoms with E-state index < -0.39 is 0 Å². The molecule has 0 atom stereocenters. The molecule has 2 N–H and O–H groups in total. The van der Waals surface area contributed by atoms with Crippen molar-refractivity contribution in [1.29, 1.82) is 0 Å². The van der Waals surface area contributed by atoms with Gasteiger partial charge in [-0.3, -0.25) is 0 Å². The largest absolute Gasteiger partial charge is 0.330 e. The standard InChI is InChI=1S/C12H12FN.ClH/c13-12-6-2-4-10-9(7-8-14)3-1-5-11(10)12;/h1-6H,7-8,14H2;1H. The van der Waals surface area contributed by atoms with E-state index in [1.54, 1.807) is 12.1 Å². The molecule has 3 heteroatoms. The Balaban J connectivity index is 0.00000112. The second-order valence-corrected chi connectivity index (χ2v) is 3.29. The lowest BCUT2D eigenvalue weighted by Crippen LogP contribution is -2.03. The van der Waals surface area contributed by atoms with Gasteiger partial charge in [-0.1, -0.05) is 30.3 Å². The van der Waals surface area contributed by atoms with Gasteiger partial charge in [0.25, 0.3) is 0 Å². The predicted octanol–water partition coefficient (Wildman–Crippen LogP) is 2.90. The van der Waals surface area contributed by atoms with Crippen molar-refractivity contribution in [3.63, 3.8) is 0 Å². The first-order valence-electron chi connectivity index (χ1n) is 4.69. The van der Waals surface area contributed by atoms with E-state index in [1.165, 1.54) is 6.07 Å². The minimum atomic E-state index is -0.165. The second-order valence-electron chi connectivity index (χ2n) is 3.29. The molecule has 1 nitrogen and oxygen atoms in total. The van der Waals surface area contributed by atoms with Gasteiger partial charge in [0.15, 0.2) is 0 Å². The summed E-state index contributed by atoms with van der Waals surface area (Å²) in [6.45, 7) is 0.593. The van der Waals surface area contributed by atoms with E-state index in [0.717, 1.165) is 17.4 Å². The van der Waals surface area contributed by atoms with Gasteiger partial charge in [-0.2, -0.15) is 0 Å². The van der Waals surface area contributed by atoms with Gasteiger partial charge < -0.3 is 5.73 Å². The monoisotopic (exact) mass is 225 g/mol. The molecule has 0 fully saturated rings. The average Bonchev–Trinajstić information content (AvgIpc) is 2.20. The number of nitrogens with two attached hydrogens (primary N) is 1. The highest BCUT2D eigenvalue weighted by atomic mass is 35.5. The molecule has 0 amide bonds. The highest BCUT2D eigenvalue weighted by molar-refractivity contribution is 5.86. The van der Waals surface area contributed by atoms with Crippen molar-refractivity contribution in [1.82, 2.24) is 0 Å². The fourth-order valence-electron chi connectivity index (χ4n) is 1.71. The molecule has 0 radical (unpaired) electrons. The summed E-state index contributed by atoms with van der Waals surface area (Å²) in [4.78, 5) is 0. The van der Waals surface area contributed by atoms with Crippen LogP contribution in [-0.4, -0.2) is 6.54 Å². The molecule has 0 bridgehead atoms. The third-order valence-electron chi connectivity index (χ3n) is 2.37. The zero-order valence-electron chi connectivity index (χ0n) is 8.24. The molecule has 0 unspecified atom stereocenters. The van der Waals surface area contributed by atoms with Crippen LogP contribution in [0.5, 0.6) is 0 Å². The summed E-state index contributed by atoms with van der Waals surface area (Å²) >= 11 is 0. The van der Waals surface area contributed by atoms with Crippen molar-refractivity contribution in [2.45, 2.75) is 6.42 Å². The minimum absolute atomic E-state index is 0. The third-order valence-corrected chi connectivity index (χ3v) is 2.37. The van der Waals surface area contributed by atoms with Crippen molar-refractivity contribution in [2.75, 3.05) is 6.54 Å². The molecule has 0 saturated carbocycles.